The zero-order valence-electron chi connectivity index (χ0n) is 8.39. The lowest BCUT2D eigenvalue weighted by Gasteiger charge is -1.96. The van der Waals surface area contributed by atoms with Crippen molar-refractivity contribution in [3.63, 3.8) is 0 Å². The quantitative estimate of drug-likeness (QED) is 0.726. The number of pyridine rings is 1. The summed E-state index contributed by atoms with van der Waals surface area (Å²) in [7, 11) is 0. The Hall–Kier alpha value is -1.89. The van der Waals surface area contributed by atoms with Crippen LogP contribution in [0.2, 0.25) is 0 Å². The smallest absolute Gasteiger partial charge is 0.303 e. The molecule has 1 heterocycles. The Morgan fingerprint density at radius 3 is 3.07 bits per heavy atom. The van der Waals surface area contributed by atoms with E-state index in [4.69, 9.17) is 10.4 Å². The van der Waals surface area contributed by atoms with Gasteiger partial charge in [-0.05, 0) is 6.07 Å². The number of rotatable bonds is 5. The van der Waals surface area contributed by atoms with Gasteiger partial charge in [-0.3, -0.25) is 4.79 Å². The molecule has 0 saturated heterocycles. The van der Waals surface area contributed by atoms with Crippen molar-refractivity contribution in [1.29, 1.82) is 5.26 Å². The van der Waals surface area contributed by atoms with Crippen LogP contribution in [0.15, 0.2) is 24.5 Å². The van der Waals surface area contributed by atoms with Gasteiger partial charge in [-0.1, -0.05) is 0 Å². The van der Waals surface area contributed by atoms with E-state index in [1.807, 2.05) is 29.1 Å². The predicted molar refractivity (Wildman–Crippen MR) is 52.8 cm³/mol. The number of hydrogen-bond donors (Lipinski definition) is 1. The first-order valence-corrected chi connectivity index (χ1v) is 4.79. The van der Waals surface area contributed by atoms with E-state index in [0.717, 1.165) is 5.56 Å². The number of carbonyl (C=O) groups is 1. The van der Waals surface area contributed by atoms with Gasteiger partial charge in [0.25, 0.3) is 0 Å². The molecule has 0 aliphatic rings. The first kappa shape index (κ1) is 11.2. The molecule has 1 aromatic heterocycles. The molecule has 0 aliphatic carbocycles. The molecule has 0 atom stereocenters. The zero-order valence-corrected chi connectivity index (χ0v) is 8.39. The van der Waals surface area contributed by atoms with E-state index in [1.165, 1.54) is 0 Å². The van der Waals surface area contributed by atoms with Gasteiger partial charge in [-0.2, -0.15) is 5.26 Å². The van der Waals surface area contributed by atoms with Crippen LogP contribution in [0.3, 0.4) is 0 Å². The average molecular weight is 205 g/mol. The highest BCUT2D eigenvalue weighted by Gasteiger charge is 2.04. The van der Waals surface area contributed by atoms with Gasteiger partial charge < -0.3 is 5.11 Å². The van der Waals surface area contributed by atoms with Gasteiger partial charge in [0, 0.05) is 18.1 Å². The molecular weight excluding hydrogens is 192 g/mol. The highest BCUT2D eigenvalue weighted by atomic mass is 16.4. The summed E-state index contributed by atoms with van der Waals surface area (Å²) in [5.41, 5.74) is 0.954. The normalized spacial score (nSPS) is 9.53. The maximum atomic E-state index is 10.3. The van der Waals surface area contributed by atoms with Crippen molar-refractivity contribution in [3.05, 3.63) is 30.1 Å². The maximum Gasteiger partial charge on any atom is 0.303 e. The van der Waals surface area contributed by atoms with Crippen LogP contribution in [0, 0.1) is 11.3 Å². The van der Waals surface area contributed by atoms with Gasteiger partial charge in [0.2, 0.25) is 0 Å². The number of carboxylic acids is 1. The summed E-state index contributed by atoms with van der Waals surface area (Å²) in [6.07, 6.45) is 4.93. The van der Waals surface area contributed by atoms with Gasteiger partial charge in [0.15, 0.2) is 12.4 Å². The minimum atomic E-state index is -0.774. The lowest BCUT2D eigenvalue weighted by atomic mass is 10.2. The molecule has 0 aliphatic heterocycles. The Morgan fingerprint density at radius 2 is 2.40 bits per heavy atom. The highest BCUT2D eigenvalue weighted by Crippen LogP contribution is 1.95. The fraction of sp³-hybridized carbons (Fsp3) is 0.364. The molecule has 0 saturated carbocycles. The van der Waals surface area contributed by atoms with Crippen LogP contribution < -0.4 is 4.57 Å². The molecular formula is C11H13N2O2+. The van der Waals surface area contributed by atoms with Gasteiger partial charge in [0.05, 0.1) is 18.9 Å². The molecule has 0 radical (unpaired) electrons. The summed E-state index contributed by atoms with van der Waals surface area (Å²) in [5, 5.41) is 17.0. The minimum absolute atomic E-state index is 0.176. The molecule has 0 aromatic carbocycles. The molecule has 0 unspecified atom stereocenters. The van der Waals surface area contributed by atoms with Crippen molar-refractivity contribution in [2.45, 2.75) is 25.8 Å². The molecule has 0 spiro atoms. The monoisotopic (exact) mass is 205 g/mol. The summed E-state index contributed by atoms with van der Waals surface area (Å²) in [6, 6.07) is 5.83. The molecule has 1 aromatic rings. The number of aliphatic carboxylic acids is 1. The van der Waals surface area contributed by atoms with Crippen molar-refractivity contribution in [1.82, 2.24) is 0 Å². The van der Waals surface area contributed by atoms with Crippen LogP contribution in [0.1, 0.15) is 18.4 Å². The summed E-state index contributed by atoms with van der Waals surface area (Å²) in [6.45, 7) is 0.672. The van der Waals surface area contributed by atoms with E-state index in [9.17, 15) is 4.79 Å². The topological polar surface area (TPSA) is 65.0 Å². The number of hydrogen-bond acceptors (Lipinski definition) is 2. The molecule has 0 amide bonds. The molecule has 1 N–H and O–H groups in total. The zero-order chi connectivity index (χ0) is 11.1. The van der Waals surface area contributed by atoms with Crippen molar-refractivity contribution < 1.29 is 14.5 Å². The van der Waals surface area contributed by atoms with E-state index < -0.39 is 5.97 Å². The van der Waals surface area contributed by atoms with E-state index in [2.05, 4.69) is 6.07 Å². The fourth-order valence-corrected chi connectivity index (χ4v) is 1.32. The lowest BCUT2D eigenvalue weighted by molar-refractivity contribution is -0.697. The second kappa shape index (κ2) is 5.76. The Morgan fingerprint density at radius 1 is 1.60 bits per heavy atom. The van der Waals surface area contributed by atoms with Crippen LogP contribution in [0.25, 0.3) is 0 Å². The molecule has 0 fully saturated rings. The van der Waals surface area contributed by atoms with E-state index in [1.54, 1.807) is 0 Å². The highest BCUT2D eigenvalue weighted by molar-refractivity contribution is 5.66. The molecule has 15 heavy (non-hydrogen) atoms. The number of aryl methyl sites for hydroxylation is 1. The predicted octanol–water partition coefficient (Wildman–Crippen LogP) is 0.905. The van der Waals surface area contributed by atoms with Gasteiger partial charge in [0.1, 0.15) is 6.54 Å². The second-order valence-corrected chi connectivity index (χ2v) is 3.28. The number of nitriles is 1. The standard InChI is InChI=1S/C11H12N2O2/c12-6-5-10-3-1-7-13(9-10)8-2-4-11(14)15/h1,3,7,9H,2,4-5,8H2/p+1. The SMILES string of the molecule is N#CCc1ccc[n+](CCCC(=O)O)c1. The first-order valence-electron chi connectivity index (χ1n) is 4.79. The average Bonchev–Trinajstić information content (AvgIpc) is 2.18. The summed E-state index contributed by atoms with van der Waals surface area (Å²) < 4.78 is 1.91. The largest absolute Gasteiger partial charge is 0.481 e. The Kier molecular flexibility index (Phi) is 4.30. The molecule has 0 bridgehead atoms. The van der Waals surface area contributed by atoms with Crippen molar-refractivity contribution >= 4 is 5.97 Å². The Balaban J connectivity index is 2.51. The van der Waals surface area contributed by atoms with Crippen LogP contribution in [-0.4, -0.2) is 11.1 Å². The van der Waals surface area contributed by atoms with Crippen LogP contribution in [-0.2, 0) is 17.8 Å². The van der Waals surface area contributed by atoms with Gasteiger partial charge >= 0.3 is 5.97 Å². The fourth-order valence-electron chi connectivity index (χ4n) is 1.32. The molecule has 78 valence electrons. The lowest BCUT2D eigenvalue weighted by Crippen LogP contribution is -2.33. The van der Waals surface area contributed by atoms with Crippen molar-refractivity contribution in [2.75, 3.05) is 0 Å². The van der Waals surface area contributed by atoms with E-state index >= 15 is 0 Å². The van der Waals surface area contributed by atoms with E-state index in [0.29, 0.717) is 19.4 Å². The Bertz CT molecular complexity index is 382. The molecule has 4 heteroatoms. The van der Waals surface area contributed by atoms with E-state index in [-0.39, 0.29) is 6.42 Å². The van der Waals surface area contributed by atoms with Crippen LogP contribution in [0.4, 0.5) is 0 Å². The first-order chi connectivity index (χ1) is 7.22. The number of nitrogens with zero attached hydrogens (tertiary/aromatic N) is 2. The number of carboxylic acid groups (broad SMARTS) is 1. The van der Waals surface area contributed by atoms with Gasteiger partial charge in [-0.15, -0.1) is 0 Å². The van der Waals surface area contributed by atoms with Gasteiger partial charge in [-0.25, -0.2) is 4.57 Å². The summed E-state index contributed by atoms with van der Waals surface area (Å²) >= 11 is 0. The third-order valence-corrected chi connectivity index (χ3v) is 2.01. The minimum Gasteiger partial charge on any atom is -0.481 e. The maximum absolute atomic E-state index is 10.3. The van der Waals surface area contributed by atoms with Crippen LogP contribution in [0.5, 0.6) is 0 Å². The summed E-state index contributed by atoms with van der Waals surface area (Å²) in [4.78, 5) is 10.3. The van der Waals surface area contributed by atoms with Crippen LogP contribution >= 0.6 is 0 Å². The second-order valence-electron chi connectivity index (χ2n) is 3.28. The van der Waals surface area contributed by atoms with Crippen molar-refractivity contribution in [2.24, 2.45) is 0 Å². The van der Waals surface area contributed by atoms with Crippen molar-refractivity contribution in [3.8, 4) is 6.07 Å². The number of aromatic nitrogens is 1. The molecule has 1 rings (SSSR count). The molecule has 4 nitrogen and oxygen atoms in total. The Labute approximate surface area is 88.4 Å². The third-order valence-electron chi connectivity index (χ3n) is 2.01. The third kappa shape index (κ3) is 4.23. The summed E-state index contributed by atoms with van der Waals surface area (Å²) in [5.74, 6) is -0.774.